The number of rotatable bonds is 12. The zero-order valence-corrected chi connectivity index (χ0v) is 23.9. The molecule has 1 aromatic carbocycles. The van der Waals surface area contributed by atoms with Crippen LogP contribution in [0.25, 0.3) is 0 Å². The molecule has 11 heteroatoms. The largest absolute Gasteiger partial charge is 0.495 e. The number of alkyl carbamates (subject to hydrolysis) is 1. The van der Waals surface area contributed by atoms with Gasteiger partial charge in [0.25, 0.3) is 0 Å². The highest BCUT2D eigenvalue weighted by Gasteiger charge is 2.62. The second-order valence-corrected chi connectivity index (χ2v) is 10.8. The number of hydrogen-bond donors (Lipinski definition) is 4. The molecule has 2 aliphatic heterocycles. The SMILES string of the molecule is CNC(=O)C[C@H](O)[C@]1(C)OC1[C@H](C)[C@@H]1C[C@](O)([C@@H](/C=C/C=C(\C)Cc2ccc(Cl)c(OC)c2)OC)NC(=O)O1. The third kappa shape index (κ3) is 7.32. The van der Waals surface area contributed by atoms with Crippen molar-refractivity contribution in [3.05, 3.63) is 52.6 Å². The average Bonchev–Trinajstić information content (AvgIpc) is 3.59. The number of hydrogen-bond acceptors (Lipinski definition) is 8. The molecule has 4 N–H and O–H groups in total. The van der Waals surface area contributed by atoms with Crippen molar-refractivity contribution in [2.24, 2.45) is 5.92 Å². The van der Waals surface area contributed by atoms with Crippen molar-refractivity contribution in [2.45, 2.75) is 75.8 Å². The topological polar surface area (TPSA) is 139 Å². The smallest absolute Gasteiger partial charge is 0.409 e. The fourth-order valence-electron chi connectivity index (χ4n) is 4.98. The van der Waals surface area contributed by atoms with Gasteiger partial charge in [-0.3, -0.25) is 10.1 Å². The van der Waals surface area contributed by atoms with Crippen LogP contribution in [0.2, 0.25) is 5.02 Å². The zero-order valence-electron chi connectivity index (χ0n) is 23.2. The molecular weight excluding hydrogens is 528 g/mol. The van der Waals surface area contributed by atoms with Crippen LogP contribution in [-0.2, 0) is 25.4 Å². The van der Waals surface area contributed by atoms with Crippen molar-refractivity contribution in [2.75, 3.05) is 21.3 Å². The average molecular weight is 567 g/mol. The molecule has 2 saturated heterocycles. The molecule has 0 aliphatic carbocycles. The molecule has 2 fully saturated rings. The Morgan fingerprint density at radius 3 is 2.74 bits per heavy atom. The number of carbonyl (C=O) groups excluding carboxylic acids is 2. The maximum Gasteiger partial charge on any atom is 0.409 e. The van der Waals surface area contributed by atoms with Gasteiger partial charge >= 0.3 is 6.09 Å². The molecular formula is C28H39ClN2O8. The second-order valence-electron chi connectivity index (χ2n) is 10.4. The minimum Gasteiger partial charge on any atom is -0.495 e. The molecule has 0 aromatic heterocycles. The van der Waals surface area contributed by atoms with Gasteiger partial charge in [0.15, 0.2) is 5.72 Å². The van der Waals surface area contributed by atoms with Crippen molar-refractivity contribution in [1.82, 2.24) is 10.6 Å². The Morgan fingerprint density at radius 1 is 1.38 bits per heavy atom. The number of halogens is 1. The Kier molecular flexibility index (Phi) is 10.1. The number of carbonyl (C=O) groups is 2. The van der Waals surface area contributed by atoms with Crippen molar-refractivity contribution in [3.63, 3.8) is 0 Å². The maximum absolute atomic E-state index is 12.5. The number of ether oxygens (including phenoxy) is 4. The fraction of sp³-hybridized carbons (Fsp3) is 0.571. The summed E-state index contributed by atoms with van der Waals surface area (Å²) in [6.07, 6.45) is 2.05. The predicted octanol–water partition coefficient (Wildman–Crippen LogP) is 2.89. The number of aliphatic hydroxyl groups excluding tert-OH is 1. The first-order chi connectivity index (χ1) is 18.4. The molecule has 7 atom stereocenters. The van der Waals surface area contributed by atoms with Gasteiger partial charge in [-0.15, -0.1) is 0 Å². The highest BCUT2D eigenvalue weighted by molar-refractivity contribution is 6.32. The van der Waals surface area contributed by atoms with E-state index in [1.54, 1.807) is 32.3 Å². The Labute approximate surface area is 234 Å². The van der Waals surface area contributed by atoms with Gasteiger partial charge in [0.2, 0.25) is 5.91 Å². The predicted molar refractivity (Wildman–Crippen MR) is 146 cm³/mol. The van der Waals surface area contributed by atoms with Gasteiger partial charge in [0.05, 0.1) is 30.8 Å². The van der Waals surface area contributed by atoms with Crippen LogP contribution in [0.5, 0.6) is 5.75 Å². The number of epoxide rings is 1. The van der Waals surface area contributed by atoms with E-state index in [0.717, 1.165) is 11.1 Å². The Hall–Kier alpha value is -2.63. The van der Waals surface area contributed by atoms with Crippen LogP contribution in [0, 0.1) is 5.92 Å². The van der Waals surface area contributed by atoms with Gasteiger partial charge < -0.3 is 34.5 Å². The highest BCUT2D eigenvalue weighted by atomic mass is 35.5. The number of nitrogens with one attached hydrogen (secondary N) is 2. The Balaban J connectivity index is 1.66. The van der Waals surface area contributed by atoms with E-state index in [4.69, 9.17) is 30.5 Å². The van der Waals surface area contributed by atoms with Gasteiger partial charge in [-0.2, -0.15) is 0 Å². The highest BCUT2D eigenvalue weighted by Crippen LogP contribution is 2.47. The molecule has 0 bridgehead atoms. The first-order valence-corrected chi connectivity index (χ1v) is 13.2. The maximum atomic E-state index is 12.5. The number of amides is 2. The molecule has 1 aromatic rings. The molecule has 2 amide bonds. The molecule has 0 saturated carbocycles. The van der Waals surface area contributed by atoms with E-state index in [1.807, 2.05) is 32.1 Å². The van der Waals surface area contributed by atoms with Gasteiger partial charge in [0, 0.05) is 26.5 Å². The van der Waals surface area contributed by atoms with E-state index in [1.165, 1.54) is 14.2 Å². The minimum atomic E-state index is -1.74. The van der Waals surface area contributed by atoms with Crippen LogP contribution >= 0.6 is 11.6 Å². The first kappa shape index (κ1) is 30.9. The van der Waals surface area contributed by atoms with Crippen molar-refractivity contribution >= 4 is 23.6 Å². The summed E-state index contributed by atoms with van der Waals surface area (Å²) in [4.78, 5) is 24.1. The molecule has 0 radical (unpaired) electrons. The van der Waals surface area contributed by atoms with Crippen LogP contribution in [0.3, 0.4) is 0 Å². The summed E-state index contributed by atoms with van der Waals surface area (Å²) in [5.41, 5.74) is -0.626. The lowest BCUT2D eigenvalue weighted by molar-refractivity contribution is -0.142. The van der Waals surface area contributed by atoms with E-state index < -0.39 is 41.8 Å². The first-order valence-electron chi connectivity index (χ1n) is 12.8. The molecule has 39 heavy (non-hydrogen) atoms. The number of methoxy groups -OCH3 is 2. The number of aliphatic hydroxyl groups is 2. The van der Waals surface area contributed by atoms with Gasteiger partial charge in [-0.25, -0.2) is 4.79 Å². The standard InChI is InChI=1S/C28H39ClN2O8/c1-16(12-18-10-11-19(29)20(13-18)36-5)8-7-9-23(37-6)28(35)15-21(38-26(34)31-28)17(2)25-27(3,39-25)22(32)14-24(33)30-4/h7-11,13,17,21-23,25,32,35H,12,14-15H2,1-6H3,(H,30,33)(H,31,34)/b9-7+,16-8+/t17-,21+,22+,23-,25?,27+,28+/m1/s1. The third-order valence-electron chi connectivity index (χ3n) is 7.45. The number of allylic oxidation sites excluding steroid dienone is 3. The van der Waals surface area contributed by atoms with Crippen LogP contribution < -0.4 is 15.4 Å². The van der Waals surface area contributed by atoms with Crippen LogP contribution in [0.15, 0.2) is 42.0 Å². The van der Waals surface area contributed by atoms with E-state index >= 15 is 0 Å². The monoisotopic (exact) mass is 566 g/mol. The van der Waals surface area contributed by atoms with Gasteiger partial charge in [0.1, 0.15) is 23.6 Å². The molecule has 2 aliphatic rings. The van der Waals surface area contributed by atoms with Crippen LogP contribution in [-0.4, -0.2) is 79.2 Å². The summed E-state index contributed by atoms with van der Waals surface area (Å²) < 4.78 is 22.1. The van der Waals surface area contributed by atoms with E-state index in [-0.39, 0.29) is 24.7 Å². The van der Waals surface area contributed by atoms with Crippen molar-refractivity contribution in [3.8, 4) is 5.75 Å². The third-order valence-corrected chi connectivity index (χ3v) is 7.76. The lowest BCUT2D eigenvalue weighted by Gasteiger charge is -2.42. The normalized spacial score (nSPS) is 29.3. The quantitative estimate of drug-likeness (QED) is 0.224. The summed E-state index contributed by atoms with van der Waals surface area (Å²) in [5.74, 6) is -0.0665. The van der Waals surface area contributed by atoms with E-state index in [0.29, 0.717) is 17.2 Å². The van der Waals surface area contributed by atoms with Gasteiger partial charge in [-0.1, -0.05) is 48.4 Å². The molecule has 0 spiro atoms. The summed E-state index contributed by atoms with van der Waals surface area (Å²) in [5, 5.41) is 27.5. The molecule has 10 nitrogen and oxygen atoms in total. The van der Waals surface area contributed by atoms with Crippen molar-refractivity contribution in [1.29, 1.82) is 0 Å². The minimum absolute atomic E-state index is 0.0253. The zero-order chi connectivity index (χ0) is 29.0. The fourth-order valence-corrected chi connectivity index (χ4v) is 5.18. The molecule has 216 valence electrons. The molecule has 2 heterocycles. The summed E-state index contributed by atoms with van der Waals surface area (Å²) in [7, 11) is 4.51. The van der Waals surface area contributed by atoms with Crippen LogP contribution in [0.1, 0.15) is 39.2 Å². The molecule has 1 unspecified atom stereocenters. The van der Waals surface area contributed by atoms with Crippen molar-refractivity contribution < 1.29 is 38.7 Å². The Morgan fingerprint density at radius 2 is 2.10 bits per heavy atom. The van der Waals surface area contributed by atoms with Gasteiger partial charge in [-0.05, 0) is 38.0 Å². The van der Waals surface area contributed by atoms with E-state index in [9.17, 15) is 19.8 Å². The van der Waals surface area contributed by atoms with E-state index in [2.05, 4.69) is 10.6 Å². The summed E-state index contributed by atoms with van der Waals surface area (Å²) in [6.45, 7) is 5.51. The lowest BCUT2D eigenvalue weighted by Crippen LogP contribution is -2.63. The second kappa shape index (κ2) is 12.7. The number of cyclic esters (lactones) is 1. The number of benzene rings is 1. The molecule has 3 rings (SSSR count). The Bertz CT molecular complexity index is 1110. The van der Waals surface area contributed by atoms with Crippen LogP contribution in [0.4, 0.5) is 4.79 Å². The summed E-state index contributed by atoms with van der Waals surface area (Å²) in [6, 6.07) is 5.60. The summed E-state index contributed by atoms with van der Waals surface area (Å²) >= 11 is 6.11. The lowest BCUT2D eigenvalue weighted by atomic mass is 9.84.